The zero-order valence-electron chi connectivity index (χ0n) is 9.52. The van der Waals surface area contributed by atoms with E-state index in [0.717, 1.165) is 10.0 Å². The lowest BCUT2D eigenvalue weighted by Crippen LogP contribution is -1.84. The van der Waals surface area contributed by atoms with Crippen LogP contribution in [0, 0.1) is 0 Å². The van der Waals surface area contributed by atoms with Crippen molar-refractivity contribution in [3.63, 3.8) is 0 Å². The number of unbranched alkanes of at least 4 members (excludes halogenated alkanes) is 1. The summed E-state index contributed by atoms with van der Waals surface area (Å²) in [5.74, 6) is 0. The van der Waals surface area contributed by atoms with Crippen LogP contribution in [0.4, 0.5) is 0 Å². The van der Waals surface area contributed by atoms with E-state index < -0.39 is 8.25 Å². The maximum Gasteiger partial charge on any atom is 0.695 e. The summed E-state index contributed by atoms with van der Waals surface area (Å²) in [4.78, 5) is 8.35. The van der Waals surface area contributed by atoms with E-state index in [9.17, 15) is 4.57 Å². The van der Waals surface area contributed by atoms with Gasteiger partial charge >= 0.3 is 8.25 Å². The first-order valence-corrected chi connectivity index (χ1v) is 7.06. The predicted octanol–water partition coefficient (Wildman–Crippen LogP) is 4.42. The highest BCUT2D eigenvalue weighted by molar-refractivity contribution is 9.10. The monoisotopic (exact) mass is 307 g/mol. The minimum Gasteiger partial charge on any atom is -0.133 e. The minimum atomic E-state index is -2.49. The van der Waals surface area contributed by atoms with Gasteiger partial charge in [0.25, 0.3) is 0 Å². The maximum absolute atomic E-state index is 10.2. The summed E-state index contributed by atoms with van der Waals surface area (Å²) < 4.78 is 15.6. The van der Waals surface area contributed by atoms with Crippen molar-refractivity contribution >= 4 is 24.2 Å². The Morgan fingerprint density at radius 2 is 1.75 bits per heavy atom. The van der Waals surface area contributed by atoms with Gasteiger partial charge in [0, 0.05) is 9.04 Å². The molecule has 0 heterocycles. The van der Waals surface area contributed by atoms with Gasteiger partial charge in [0.15, 0.2) is 0 Å². The Hall–Kier alpha value is -0.280. The van der Waals surface area contributed by atoms with Crippen LogP contribution in [-0.2, 0) is 15.7 Å². The van der Waals surface area contributed by atoms with E-state index >= 15 is 0 Å². The Balaban J connectivity index is 0.000000487. The molecule has 0 fully saturated rings. The molecule has 5 heteroatoms. The van der Waals surface area contributed by atoms with Crippen molar-refractivity contribution in [2.75, 3.05) is 0 Å². The molecule has 3 nitrogen and oxygen atoms in total. The summed E-state index contributed by atoms with van der Waals surface area (Å²) >= 11 is 3.28. The van der Waals surface area contributed by atoms with Crippen molar-refractivity contribution in [1.29, 1.82) is 0 Å². The smallest absolute Gasteiger partial charge is 0.133 e. The summed E-state index contributed by atoms with van der Waals surface area (Å²) in [5.41, 5.74) is 0.871. The van der Waals surface area contributed by atoms with E-state index in [1.807, 2.05) is 24.3 Å². The van der Waals surface area contributed by atoms with Crippen molar-refractivity contribution < 1.29 is 14.0 Å². The molecule has 0 spiro atoms. The van der Waals surface area contributed by atoms with Crippen LogP contribution in [0.25, 0.3) is 0 Å². The quantitative estimate of drug-likeness (QED) is 0.837. The van der Waals surface area contributed by atoms with Crippen molar-refractivity contribution in [3.8, 4) is 0 Å². The van der Waals surface area contributed by atoms with Crippen molar-refractivity contribution in [1.82, 2.24) is 0 Å². The number of halogens is 1. The molecule has 0 saturated heterocycles. The van der Waals surface area contributed by atoms with Crippen molar-refractivity contribution in [2.24, 2.45) is 0 Å². The first-order valence-electron chi connectivity index (χ1n) is 5.13. The highest BCUT2D eigenvalue weighted by atomic mass is 79.9. The van der Waals surface area contributed by atoms with E-state index in [2.05, 4.69) is 34.3 Å². The summed E-state index contributed by atoms with van der Waals surface area (Å²) in [5, 5.41) is 0. The van der Waals surface area contributed by atoms with E-state index in [-0.39, 0.29) is 6.61 Å². The highest BCUT2D eigenvalue weighted by Crippen LogP contribution is 2.18. The molecule has 1 atom stereocenters. The van der Waals surface area contributed by atoms with Gasteiger partial charge in [-0.3, -0.25) is 0 Å². The molecule has 0 saturated carbocycles. The largest absolute Gasteiger partial charge is 0.695 e. The normalized spacial score (nSPS) is 10.4. The van der Waals surface area contributed by atoms with Crippen LogP contribution in [0.2, 0.25) is 0 Å². The van der Waals surface area contributed by atoms with Crippen LogP contribution in [0.15, 0.2) is 28.7 Å². The molecule has 0 amide bonds. The van der Waals surface area contributed by atoms with Gasteiger partial charge in [-0.2, -0.15) is 0 Å². The second-order valence-corrected chi connectivity index (χ2v) is 4.79. The average Bonchev–Trinajstić information content (AvgIpc) is 2.28. The third-order valence-corrected chi connectivity index (χ3v) is 2.63. The predicted molar refractivity (Wildman–Crippen MR) is 69.3 cm³/mol. The topological polar surface area (TPSA) is 46.5 Å². The second kappa shape index (κ2) is 9.91. The molecule has 16 heavy (non-hydrogen) atoms. The number of rotatable bonds is 4. The van der Waals surface area contributed by atoms with Gasteiger partial charge in [0.1, 0.15) is 6.61 Å². The Labute approximate surface area is 106 Å². The van der Waals surface area contributed by atoms with Crippen LogP contribution in [0.5, 0.6) is 0 Å². The summed E-state index contributed by atoms with van der Waals surface area (Å²) in [6, 6.07) is 7.35. The number of hydrogen-bond donors (Lipinski definition) is 1. The van der Waals surface area contributed by atoms with Gasteiger partial charge < -0.3 is 0 Å². The zero-order valence-corrected chi connectivity index (χ0v) is 12.0. The van der Waals surface area contributed by atoms with Gasteiger partial charge in [0.05, 0.1) is 0 Å². The standard InChI is InChI=1S/C7H6BrO3P.C4H10/c8-7-3-1-6(2-4-7)5-11-12(9)10;1-3-4-2/h1-4H,5H2;3-4H2,1-2H3/p+1. The molecule has 1 unspecified atom stereocenters. The molecule has 1 aromatic rings. The first-order chi connectivity index (χ1) is 7.60. The molecule has 1 N–H and O–H groups in total. The highest BCUT2D eigenvalue weighted by Gasteiger charge is 2.11. The van der Waals surface area contributed by atoms with E-state index in [0.29, 0.717) is 0 Å². The van der Waals surface area contributed by atoms with Crippen molar-refractivity contribution in [2.45, 2.75) is 33.3 Å². The van der Waals surface area contributed by atoms with Gasteiger partial charge in [-0.1, -0.05) is 54.8 Å². The van der Waals surface area contributed by atoms with Crippen LogP contribution in [0.1, 0.15) is 32.3 Å². The lowest BCUT2D eigenvalue weighted by atomic mass is 10.2. The summed E-state index contributed by atoms with van der Waals surface area (Å²) in [6.07, 6.45) is 2.64. The van der Waals surface area contributed by atoms with Gasteiger partial charge in [-0.25, -0.2) is 0 Å². The maximum atomic E-state index is 10.2. The van der Waals surface area contributed by atoms with Crippen LogP contribution in [0.3, 0.4) is 0 Å². The van der Waals surface area contributed by atoms with Crippen molar-refractivity contribution in [3.05, 3.63) is 34.3 Å². The molecular formula is C11H17BrO3P+. The second-order valence-electron chi connectivity index (χ2n) is 3.14. The molecule has 1 aromatic carbocycles. The zero-order chi connectivity index (χ0) is 12.4. The Kier molecular flexibility index (Phi) is 9.74. The average molecular weight is 308 g/mol. The Morgan fingerprint density at radius 3 is 2.12 bits per heavy atom. The lowest BCUT2D eigenvalue weighted by Gasteiger charge is -1.93. The van der Waals surface area contributed by atoms with Gasteiger partial charge in [0.2, 0.25) is 0 Å². The molecule has 0 bridgehead atoms. The number of benzene rings is 1. The lowest BCUT2D eigenvalue weighted by molar-refractivity contribution is 0.272. The molecule has 1 rings (SSSR count). The first kappa shape index (κ1) is 15.7. The molecule has 0 aliphatic carbocycles. The van der Waals surface area contributed by atoms with E-state index in [1.54, 1.807) is 0 Å². The van der Waals surface area contributed by atoms with Gasteiger partial charge in [-0.05, 0) is 17.7 Å². The van der Waals surface area contributed by atoms with Gasteiger partial charge in [-0.15, -0.1) is 9.42 Å². The SMILES string of the molecule is CCCC.O=[P+](O)OCc1ccc(Br)cc1. The van der Waals surface area contributed by atoms with Crippen LogP contribution < -0.4 is 0 Å². The molecule has 0 radical (unpaired) electrons. The molecule has 0 aliphatic rings. The Morgan fingerprint density at radius 1 is 1.25 bits per heavy atom. The summed E-state index contributed by atoms with van der Waals surface area (Å²) in [6.45, 7) is 4.53. The molecular weight excluding hydrogens is 291 g/mol. The summed E-state index contributed by atoms with van der Waals surface area (Å²) in [7, 11) is -2.49. The van der Waals surface area contributed by atoms with E-state index in [4.69, 9.17) is 4.89 Å². The Bertz CT molecular complexity index is 299. The fraction of sp³-hybridized carbons (Fsp3) is 0.455. The van der Waals surface area contributed by atoms with E-state index in [1.165, 1.54) is 12.8 Å². The fourth-order valence-corrected chi connectivity index (χ4v) is 1.23. The molecule has 90 valence electrons. The fourth-order valence-electron chi connectivity index (χ4n) is 0.710. The van der Waals surface area contributed by atoms with Crippen LogP contribution >= 0.6 is 24.2 Å². The third-order valence-electron chi connectivity index (χ3n) is 1.75. The number of hydrogen-bond acceptors (Lipinski definition) is 2. The third kappa shape index (κ3) is 8.98. The minimum absolute atomic E-state index is 0.166. The van der Waals surface area contributed by atoms with Crippen LogP contribution in [-0.4, -0.2) is 4.89 Å². The molecule has 0 aromatic heterocycles. The molecule has 0 aliphatic heterocycles.